The molecule has 1 aromatic heterocycles. The first-order valence-corrected chi connectivity index (χ1v) is 10.4. The van der Waals surface area contributed by atoms with Crippen molar-refractivity contribution in [3.8, 4) is 0 Å². The third-order valence-corrected chi connectivity index (χ3v) is 6.14. The molecular formula is C17H23N3O3S2. The molecule has 0 aliphatic heterocycles. The van der Waals surface area contributed by atoms with E-state index >= 15 is 0 Å². The standard InChI is InChI=1S/C17H23N3O3S2/c1-4-5-9-18-15-7-6-14(25(22,23)20(2)3)11-16(15)19-17(21)13-8-10-24-12-13/h6-8,10-12,18H,4-5,9H2,1-3H3,(H,19,21). The first kappa shape index (κ1) is 19.4. The lowest BCUT2D eigenvalue weighted by atomic mass is 10.2. The fourth-order valence-corrected chi connectivity index (χ4v) is 3.70. The van der Waals surface area contributed by atoms with Gasteiger partial charge >= 0.3 is 0 Å². The number of carbonyl (C=O) groups is 1. The van der Waals surface area contributed by atoms with Gasteiger partial charge in [0.25, 0.3) is 5.91 Å². The van der Waals surface area contributed by atoms with E-state index < -0.39 is 10.0 Å². The molecule has 0 radical (unpaired) electrons. The lowest BCUT2D eigenvalue weighted by molar-refractivity contribution is 0.102. The molecule has 2 rings (SSSR count). The molecule has 136 valence electrons. The summed E-state index contributed by atoms with van der Waals surface area (Å²) in [5.74, 6) is -0.265. The first-order chi connectivity index (χ1) is 11.9. The maximum atomic E-state index is 12.4. The molecule has 2 N–H and O–H groups in total. The molecule has 6 nitrogen and oxygen atoms in total. The predicted octanol–water partition coefficient (Wildman–Crippen LogP) is 3.46. The molecule has 1 amide bonds. The third-order valence-electron chi connectivity index (χ3n) is 3.65. The van der Waals surface area contributed by atoms with Crippen molar-refractivity contribution in [2.75, 3.05) is 31.3 Å². The molecule has 0 aliphatic rings. The highest BCUT2D eigenvalue weighted by Gasteiger charge is 2.19. The Bertz CT molecular complexity index is 816. The minimum Gasteiger partial charge on any atom is -0.383 e. The van der Waals surface area contributed by atoms with Crippen LogP contribution in [-0.2, 0) is 10.0 Å². The van der Waals surface area contributed by atoms with Crippen molar-refractivity contribution in [3.63, 3.8) is 0 Å². The number of unbranched alkanes of at least 4 members (excludes halogenated alkanes) is 1. The van der Waals surface area contributed by atoms with Gasteiger partial charge in [-0.25, -0.2) is 12.7 Å². The Morgan fingerprint density at radius 1 is 1.20 bits per heavy atom. The zero-order valence-corrected chi connectivity index (χ0v) is 16.2. The van der Waals surface area contributed by atoms with Crippen LogP contribution < -0.4 is 10.6 Å². The van der Waals surface area contributed by atoms with Gasteiger partial charge in [-0.2, -0.15) is 11.3 Å². The molecule has 0 bridgehead atoms. The summed E-state index contributed by atoms with van der Waals surface area (Å²) < 4.78 is 25.9. The van der Waals surface area contributed by atoms with Crippen molar-refractivity contribution < 1.29 is 13.2 Å². The maximum absolute atomic E-state index is 12.4. The van der Waals surface area contributed by atoms with E-state index in [0.29, 0.717) is 16.9 Å². The van der Waals surface area contributed by atoms with Gasteiger partial charge in [0, 0.05) is 26.0 Å². The van der Waals surface area contributed by atoms with Gasteiger partial charge in [0.05, 0.1) is 21.8 Å². The Morgan fingerprint density at radius 2 is 1.96 bits per heavy atom. The summed E-state index contributed by atoms with van der Waals surface area (Å²) in [5, 5.41) is 9.64. The van der Waals surface area contributed by atoms with Gasteiger partial charge in [-0.15, -0.1) is 0 Å². The number of hydrogen-bond acceptors (Lipinski definition) is 5. The normalized spacial score (nSPS) is 11.5. The summed E-state index contributed by atoms with van der Waals surface area (Å²) >= 11 is 1.43. The van der Waals surface area contributed by atoms with E-state index in [1.165, 1.54) is 31.5 Å². The predicted molar refractivity (Wildman–Crippen MR) is 103 cm³/mol. The molecule has 0 fully saturated rings. The quantitative estimate of drug-likeness (QED) is 0.687. The summed E-state index contributed by atoms with van der Waals surface area (Å²) in [6.07, 6.45) is 2.02. The van der Waals surface area contributed by atoms with Crippen LogP contribution in [0.4, 0.5) is 11.4 Å². The number of thiophene rings is 1. The van der Waals surface area contributed by atoms with E-state index in [1.807, 2.05) is 5.38 Å². The summed E-state index contributed by atoms with van der Waals surface area (Å²) in [6, 6.07) is 6.46. The van der Waals surface area contributed by atoms with Crippen LogP contribution >= 0.6 is 11.3 Å². The maximum Gasteiger partial charge on any atom is 0.256 e. The molecule has 1 heterocycles. The average molecular weight is 382 g/mol. The molecule has 25 heavy (non-hydrogen) atoms. The van der Waals surface area contributed by atoms with E-state index in [-0.39, 0.29) is 10.8 Å². The molecule has 0 atom stereocenters. The van der Waals surface area contributed by atoms with Crippen LogP contribution in [0, 0.1) is 0 Å². The second-order valence-electron chi connectivity index (χ2n) is 5.74. The van der Waals surface area contributed by atoms with Crippen molar-refractivity contribution in [2.24, 2.45) is 0 Å². The highest BCUT2D eigenvalue weighted by atomic mass is 32.2. The zero-order chi connectivity index (χ0) is 18.4. The molecule has 0 aliphatic carbocycles. The minimum atomic E-state index is -3.57. The summed E-state index contributed by atoms with van der Waals surface area (Å²) in [4.78, 5) is 12.5. The van der Waals surface area contributed by atoms with Gasteiger partial charge < -0.3 is 10.6 Å². The minimum absolute atomic E-state index is 0.138. The second kappa shape index (κ2) is 8.46. The van der Waals surface area contributed by atoms with Crippen molar-refractivity contribution in [1.29, 1.82) is 0 Å². The van der Waals surface area contributed by atoms with Gasteiger partial charge in [-0.3, -0.25) is 4.79 Å². The van der Waals surface area contributed by atoms with Crippen molar-refractivity contribution in [2.45, 2.75) is 24.7 Å². The summed E-state index contributed by atoms with van der Waals surface area (Å²) in [7, 11) is -0.618. The topological polar surface area (TPSA) is 78.5 Å². The molecule has 0 spiro atoms. The fraction of sp³-hybridized carbons (Fsp3) is 0.353. The van der Waals surface area contributed by atoms with Crippen LogP contribution in [0.25, 0.3) is 0 Å². The molecular weight excluding hydrogens is 358 g/mol. The monoisotopic (exact) mass is 381 g/mol. The number of hydrogen-bond donors (Lipinski definition) is 2. The number of sulfonamides is 1. The second-order valence-corrected chi connectivity index (χ2v) is 8.67. The number of rotatable bonds is 8. The van der Waals surface area contributed by atoms with Crippen LogP contribution in [0.1, 0.15) is 30.1 Å². The lowest BCUT2D eigenvalue weighted by Crippen LogP contribution is -2.22. The molecule has 0 saturated heterocycles. The van der Waals surface area contributed by atoms with E-state index in [4.69, 9.17) is 0 Å². The van der Waals surface area contributed by atoms with Gasteiger partial charge in [0.1, 0.15) is 0 Å². The van der Waals surface area contributed by atoms with Gasteiger partial charge in [-0.1, -0.05) is 13.3 Å². The fourth-order valence-electron chi connectivity index (χ4n) is 2.14. The lowest BCUT2D eigenvalue weighted by Gasteiger charge is -2.16. The van der Waals surface area contributed by atoms with Crippen LogP contribution in [0.15, 0.2) is 39.9 Å². The number of benzene rings is 1. The van der Waals surface area contributed by atoms with E-state index in [2.05, 4.69) is 17.6 Å². The zero-order valence-electron chi connectivity index (χ0n) is 14.6. The van der Waals surface area contributed by atoms with Crippen LogP contribution in [0.5, 0.6) is 0 Å². The van der Waals surface area contributed by atoms with Gasteiger partial charge in [0.2, 0.25) is 10.0 Å². The Labute approximate surface area is 152 Å². The van der Waals surface area contributed by atoms with Gasteiger partial charge in [-0.05, 0) is 36.1 Å². The molecule has 1 aromatic carbocycles. The van der Waals surface area contributed by atoms with E-state index in [9.17, 15) is 13.2 Å². The SMILES string of the molecule is CCCCNc1ccc(S(=O)(=O)N(C)C)cc1NC(=O)c1ccsc1. The highest BCUT2D eigenvalue weighted by molar-refractivity contribution is 7.89. The molecule has 8 heteroatoms. The third kappa shape index (κ3) is 4.81. The Morgan fingerprint density at radius 3 is 2.56 bits per heavy atom. The average Bonchev–Trinajstić information content (AvgIpc) is 3.10. The Kier molecular flexibility index (Phi) is 6.57. The van der Waals surface area contributed by atoms with Crippen LogP contribution in [0.2, 0.25) is 0 Å². The van der Waals surface area contributed by atoms with E-state index in [0.717, 1.165) is 23.7 Å². The van der Waals surface area contributed by atoms with Crippen molar-refractivity contribution >= 4 is 38.6 Å². The number of amides is 1. The molecule has 0 unspecified atom stereocenters. The van der Waals surface area contributed by atoms with Crippen LogP contribution in [-0.4, -0.2) is 39.3 Å². The summed E-state index contributed by atoms with van der Waals surface area (Å²) in [6.45, 7) is 2.84. The largest absolute Gasteiger partial charge is 0.383 e. The van der Waals surface area contributed by atoms with Crippen molar-refractivity contribution in [3.05, 3.63) is 40.6 Å². The number of carbonyl (C=O) groups excluding carboxylic acids is 1. The molecule has 2 aromatic rings. The smallest absolute Gasteiger partial charge is 0.256 e. The number of nitrogens with zero attached hydrogens (tertiary/aromatic N) is 1. The first-order valence-electron chi connectivity index (χ1n) is 8.00. The van der Waals surface area contributed by atoms with Gasteiger partial charge in [0.15, 0.2) is 0 Å². The van der Waals surface area contributed by atoms with Crippen molar-refractivity contribution in [1.82, 2.24) is 4.31 Å². The molecule has 0 saturated carbocycles. The Hall–Kier alpha value is -1.90. The number of nitrogens with one attached hydrogen (secondary N) is 2. The number of anilines is 2. The highest BCUT2D eigenvalue weighted by Crippen LogP contribution is 2.27. The Balaban J connectivity index is 2.35. The summed E-state index contributed by atoms with van der Waals surface area (Å²) in [5.41, 5.74) is 1.70. The van der Waals surface area contributed by atoms with E-state index in [1.54, 1.807) is 23.6 Å². The van der Waals surface area contributed by atoms with Crippen LogP contribution in [0.3, 0.4) is 0 Å².